The van der Waals surface area contributed by atoms with E-state index in [-0.39, 0.29) is 5.54 Å². The van der Waals surface area contributed by atoms with Gasteiger partial charge in [0.1, 0.15) is 0 Å². The molecule has 1 aliphatic rings. The van der Waals surface area contributed by atoms with Gasteiger partial charge < -0.3 is 10.2 Å². The topological polar surface area (TPSA) is 15.3 Å². The zero-order valence-corrected chi connectivity index (χ0v) is 14.8. The van der Waals surface area contributed by atoms with Crippen molar-refractivity contribution in [3.05, 3.63) is 28.2 Å². The van der Waals surface area contributed by atoms with E-state index in [4.69, 9.17) is 0 Å². The Bertz CT molecular complexity index is 447. The Hall–Kier alpha value is -0.540. The normalized spacial score (nSPS) is 15.4. The molecule has 2 rings (SSSR count). The maximum absolute atomic E-state index is 3.74. The summed E-state index contributed by atoms with van der Waals surface area (Å²) < 4.78 is 1.22. The summed E-state index contributed by atoms with van der Waals surface area (Å²) in [6, 6.07) is 7.59. The average molecular weight is 339 g/mol. The Morgan fingerprint density at radius 3 is 2.50 bits per heavy atom. The second-order valence-electron chi connectivity index (χ2n) is 6.80. The molecule has 0 unspecified atom stereocenters. The van der Waals surface area contributed by atoms with Crippen LogP contribution in [0.3, 0.4) is 0 Å². The van der Waals surface area contributed by atoms with Crippen molar-refractivity contribution in [1.29, 1.82) is 0 Å². The molecule has 0 heterocycles. The molecular formula is C17H27BrN2. The van der Waals surface area contributed by atoms with Crippen molar-refractivity contribution >= 4 is 21.6 Å². The molecule has 1 aliphatic carbocycles. The molecule has 0 radical (unpaired) electrons. The van der Waals surface area contributed by atoms with Gasteiger partial charge in [0.25, 0.3) is 0 Å². The van der Waals surface area contributed by atoms with E-state index >= 15 is 0 Å². The summed E-state index contributed by atoms with van der Waals surface area (Å²) >= 11 is 3.74. The lowest BCUT2D eigenvalue weighted by atomic mass is 10.1. The number of hydrogen-bond acceptors (Lipinski definition) is 2. The third-order valence-electron chi connectivity index (χ3n) is 3.63. The molecule has 2 nitrogen and oxygen atoms in total. The predicted octanol–water partition coefficient (Wildman–Crippen LogP) is 4.72. The summed E-state index contributed by atoms with van der Waals surface area (Å²) in [5.41, 5.74) is 2.84. The maximum Gasteiger partial charge on any atom is 0.0380 e. The van der Waals surface area contributed by atoms with Gasteiger partial charge in [-0.1, -0.05) is 28.9 Å². The molecule has 3 heteroatoms. The van der Waals surface area contributed by atoms with E-state index in [2.05, 4.69) is 72.0 Å². The second-order valence-corrected chi connectivity index (χ2v) is 7.66. The molecule has 1 saturated carbocycles. The first-order valence-electron chi connectivity index (χ1n) is 7.71. The molecule has 0 aromatic heterocycles. The lowest BCUT2D eigenvalue weighted by Crippen LogP contribution is -2.35. The smallest absolute Gasteiger partial charge is 0.0380 e. The summed E-state index contributed by atoms with van der Waals surface area (Å²) in [4.78, 5) is 2.56. The molecule has 1 N–H and O–H groups in total. The maximum atomic E-state index is 3.74. The number of nitrogens with one attached hydrogen (secondary N) is 1. The van der Waals surface area contributed by atoms with Gasteiger partial charge in [-0.3, -0.25) is 0 Å². The fourth-order valence-corrected chi connectivity index (χ4v) is 2.88. The minimum atomic E-state index is 0.153. The largest absolute Gasteiger partial charge is 0.369 e. The molecule has 1 aromatic rings. The Kier molecular flexibility index (Phi) is 5.14. The van der Waals surface area contributed by atoms with Crippen LogP contribution in [0.25, 0.3) is 0 Å². The Morgan fingerprint density at radius 2 is 2.00 bits per heavy atom. The highest BCUT2D eigenvalue weighted by atomic mass is 79.9. The first-order chi connectivity index (χ1) is 9.40. The van der Waals surface area contributed by atoms with Crippen molar-refractivity contribution in [2.45, 2.75) is 65.1 Å². The Labute approximate surface area is 132 Å². The molecule has 1 fully saturated rings. The van der Waals surface area contributed by atoms with Gasteiger partial charge in [0.05, 0.1) is 0 Å². The van der Waals surface area contributed by atoms with E-state index in [1.54, 1.807) is 0 Å². The lowest BCUT2D eigenvalue weighted by molar-refractivity contribution is 0.424. The lowest BCUT2D eigenvalue weighted by Gasteiger charge is -2.25. The quantitative estimate of drug-likeness (QED) is 0.807. The predicted molar refractivity (Wildman–Crippen MR) is 91.4 cm³/mol. The molecule has 0 aliphatic heterocycles. The first-order valence-corrected chi connectivity index (χ1v) is 8.50. The first kappa shape index (κ1) is 15.8. The van der Waals surface area contributed by atoms with Gasteiger partial charge in [0.2, 0.25) is 0 Å². The average Bonchev–Trinajstić information content (AvgIpc) is 3.17. The summed E-state index contributed by atoms with van der Waals surface area (Å²) in [5, 5.41) is 3.54. The third kappa shape index (κ3) is 4.49. The molecule has 0 amide bonds. The number of rotatable bonds is 6. The van der Waals surface area contributed by atoms with Crippen LogP contribution in [0, 0.1) is 0 Å². The van der Waals surface area contributed by atoms with Crippen molar-refractivity contribution in [2.24, 2.45) is 0 Å². The van der Waals surface area contributed by atoms with Gasteiger partial charge >= 0.3 is 0 Å². The van der Waals surface area contributed by atoms with Crippen molar-refractivity contribution in [3.63, 3.8) is 0 Å². The van der Waals surface area contributed by atoms with Crippen molar-refractivity contribution in [1.82, 2.24) is 5.32 Å². The number of nitrogens with zero attached hydrogens (tertiary/aromatic N) is 1. The third-order valence-corrected chi connectivity index (χ3v) is 4.37. The van der Waals surface area contributed by atoms with Crippen LogP contribution in [-0.4, -0.2) is 18.1 Å². The van der Waals surface area contributed by atoms with Crippen molar-refractivity contribution in [3.8, 4) is 0 Å². The van der Waals surface area contributed by atoms with E-state index in [0.717, 1.165) is 19.1 Å². The van der Waals surface area contributed by atoms with Crippen molar-refractivity contribution < 1.29 is 0 Å². The molecule has 0 saturated heterocycles. The van der Waals surface area contributed by atoms with Crippen LogP contribution < -0.4 is 10.2 Å². The fourth-order valence-electron chi connectivity index (χ4n) is 2.37. The number of hydrogen-bond donors (Lipinski definition) is 1. The highest BCUT2D eigenvalue weighted by molar-refractivity contribution is 9.10. The Morgan fingerprint density at radius 1 is 1.30 bits per heavy atom. The van der Waals surface area contributed by atoms with Crippen LogP contribution >= 0.6 is 15.9 Å². The number of anilines is 1. The minimum absolute atomic E-state index is 0.153. The van der Waals surface area contributed by atoms with E-state index in [0.29, 0.717) is 0 Å². The summed E-state index contributed by atoms with van der Waals surface area (Å²) in [5.74, 6) is 0. The van der Waals surface area contributed by atoms with Gasteiger partial charge in [0.15, 0.2) is 0 Å². The van der Waals surface area contributed by atoms with Crippen LogP contribution in [-0.2, 0) is 6.54 Å². The molecule has 1 aromatic carbocycles. The van der Waals surface area contributed by atoms with E-state index in [1.165, 1.54) is 35.0 Å². The SMILES string of the molecule is CCCN(c1ccc(CNC(C)(C)C)c(Br)c1)C1CC1. The molecule has 20 heavy (non-hydrogen) atoms. The van der Waals surface area contributed by atoms with Crippen LogP contribution in [0.15, 0.2) is 22.7 Å². The number of benzene rings is 1. The highest BCUT2D eigenvalue weighted by Gasteiger charge is 2.28. The molecular weight excluding hydrogens is 312 g/mol. The highest BCUT2D eigenvalue weighted by Crippen LogP contribution is 2.34. The monoisotopic (exact) mass is 338 g/mol. The van der Waals surface area contributed by atoms with Crippen LogP contribution in [0.5, 0.6) is 0 Å². The van der Waals surface area contributed by atoms with Crippen LogP contribution in [0.4, 0.5) is 5.69 Å². The van der Waals surface area contributed by atoms with Gasteiger partial charge in [-0.15, -0.1) is 0 Å². The zero-order chi connectivity index (χ0) is 14.8. The molecule has 0 atom stereocenters. The summed E-state index contributed by atoms with van der Waals surface area (Å²) in [7, 11) is 0. The summed E-state index contributed by atoms with van der Waals surface area (Å²) in [6.45, 7) is 10.9. The van der Waals surface area contributed by atoms with E-state index in [9.17, 15) is 0 Å². The molecule has 0 bridgehead atoms. The minimum Gasteiger partial charge on any atom is -0.369 e. The standard InChI is InChI=1S/C17H27BrN2/c1-5-10-20(14-8-9-14)15-7-6-13(16(18)11-15)12-19-17(2,3)4/h6-7,11,14,19H,5,8-10,12H2,1-4H3. The Balaban J connectivity index is 2.08. The van der Waals surface area contributed by atoms with Gasteiger partial charge in [0, 0.05) is 34.8 Å². The zero-order valence-electron chi connectivity index (χ0n) is 13.2. The van der Waals surface area contributed by atoms with Gasteiger partial charge in [-0.2, -0.15) is 0 Å². The summed E-state index contributed by atoms with van der Waals surface area (Å²) in [6.07, 6.45) is 3.91. The van der Waals surface area contributed by atoms with Crippen LogP contribution in [0.1, 0.15) is 52.5 Å². The van der Waals surface area contributed by atoms with Gasteiger partial charge in [-0.05, 0) is 57.7 Å². The fraction of sp³-hybridized carbons (Fsp3) is 0.647. The van der Waals surface area contributed by atoms with Crippen molar-refractivity contribution in [2.75, 3.05) is 11.4 Å². The molecule has 112 valence electrons. The van der Waals surface area contributed by atoms with E-state index < -0.39 is 0 Å². The molecule has 0 spiro atoms. The second kappa shape index (κ2) is 6.48. The van der Waals surface area contributed by atoms with E-state index in [1.807, 2.05) is 0 Å². The van der Waals surface area contributed by atoms with Crippen LogP contribution in [0.2, 0.25) is 0 Å². The number of halogens is 1. The van der Waals surface area contributed by atoms with Gasteiger partial charge in [-0.25, -0.2) is 0 Å².